The Morgan fingerprint density at radius 2 is 1.71 bits per heavy atom. The van der Waals surface area contributed by atoms with Crippen molar-refractivity contribution in [2.45, 2.75) is 52.3 Å². The fraction of sp³-hybridized carbons (Fsp3) is 0.519. The lowest BCUT2D eigenvalue weighted by Gasteiger charge is -2.30. The Hall–Kier alpha value is -2.42. The molecule has 3 N–H and O–H groups in total. The van der Waals surface area contributed by atoms with Crippen LogP contribution in [0.4, 0.5) is 0 Å². The quantitative estimate of drug-likeness (QED) is 0.409. The summed E-state index contributed by atoms with van der Waals surface area (Å²) >= 11 is 0. The van der Waals surface area contributed by atoms with Crippen molar-refractivity contribution < 1.29 is 23.1 Å². The molecule has 2 aromatic carbocycles. The molecular weight excluding hydrogens is 464 g/mol. The molecule has 0 aromatic heterocycles. The van der Waals surface area contributed by atoms with E-state index in [1.54, 1.807) is 14.0 Å². The van der Waals surface area contributed by atoms with Crippen molar-refractivity contribution in [2.24, 2.45) is 17.6 Å². The van der Waals surface area contributed by atoms with Crippen molar-refractivity contribution in [2.75, 3.05) is 25.2 Å². The summed E-state index contributed by atoms with van der Waals surface area (Å²) in [6.45, 7) is 5.78. The van der Waals surface area contributed by atoms with Gasteiger partial charge in [-0.2, -0.15) is 0 Å². The molecule has 0 saturated carbocycles. The second kappa shape index (κ2) is 13.6. The maximum Gasteiger partial charge on any atom is 0.226 e. The third kappa shape index (κ3) is 9.99. The fourth-order valence-electron chi connectivity index (χ4n) is 3.87. The molecule has 8 heteroatoms. The first-order valence-corrected chi connectivity index (χ1v) is 13.9. The lowest BCUT2D eigenvalue weighted by Crippen LogP contribution is -2.48. The Balaban J connectivity index is 2.17. The van der Waals surface area contributed by atoms with Gasteiger partial charge in [-0.15, -0.1) is 0 Å². The van der Waals surface area contributed by atoms with Gasteiger partial charge in [-0.3, -0.25) is 4.79 Å². The van der Waals surface area contributed by atoms with Gasteiger partial charge in [-0.05, 0) is 42.0 Å². The summed E-state index contributed by atoms with van der Waals surface area (Å²) in [5.41, 5.74) is 8.09. The number of nitrogens with zero attached hydrogens (tertiary/aromatic N) is 1. The van der Waals surface area contributed by atoms with Gasteiger partial charge in [0, 0.05) is 25.0 Å². The number of aliphatic hydroxyl groups is 1. The van der Waals surface area contributed by atoms with Crippen LogP contribution >= 0.6 is 0 Å². The molecular formula is C27H40N2O5S. The Morgan fingerprint density at radius 3 is 2.34 bits per heavy atom. The molecule has 3 atom stereocenters. The normalized spacial score (nSPS) is 14.4. The molecule has 2 rings (SSSR count). The molecule has 0 saturated heterocycles. The Bertz CT molecular complexity index is 1030. The average Bonchev–Trinajstić information content (AvgIpc) is 2.82. The number of carbonyl (C=O) groups excluding carboxylic acids is 1. The second-order valence-corrected chi connectivity index (χ2v) is 11.9. The number of carbonyl (C=O) groups is 1. The van der Waals surface area contributed by atoms with Crippen molar-refractivity contribution >= 4 is 15.7 Å². The van der Waals surface area contributed by atoms with E-state index < -0.39 is 27.9 Å². The highest BCUT2D eigenvalue weighted by molar-refractivity contribution is 7.91. The first kappa shape index (κ1) is 28.8. The third-order valence-electron chi connectivity index (χ3n) is 5.97. The van der Waals surface area contributed by atoms with Gasteiger partial charge < -0.3 is 20.5 Å². The van der Waals surface area contributed by atoms with Gasteiger partial charge >= 0.3 is 0 Å². The number of hydrogen-bond acceptors (Lipinski definition) is 6. The molecule has 0 bridgehead atoms. The van der Waals surface area contributed by atoms with Gasteiger partial charge in [0.05, 0.1) is 24.7 Å². The summed E-state index contributed by atoms with van der Waals surface area (Å²) in [5.74, 6) is -0.313. The van der Waals surface area contributed by atoms with Gasteiger partial charge in [0.1, 0.15) is 5.75 Å². The van der Waals surface area contributed by atoms with Crippen LogP contribution in [-0.4, -0.2) is 61.6 Å². The predicted octanol–water partition coefficient (Wildman–Crippen LogP) is 3.05. The molecule has 35 heavy (non-hydrogen) atoms. The van der Waals surface area contributed by atoms with Crippen molar-refractivity contribution in [3.63, 3.8) is 0 Å². The molecule has 0 unspecified atom stereocenters. The van der Waals surface area contributed by atoms with E-state index >= 15 is 0 Å². The van der Waals surface area contributed by atoms with Crippen molar-refractivity contribution in [3.8, 4) is 5.75 Å². The van der Waals surface area contributed by atoms with Crippen LogP contribution in [0.2, 0.25) is 0 Å². The van der Waals surface area contributed by atoms with Gasteiger partial charge in [-0.25, -0.2) is 8.42 Å². The third-order valence-corrected chi connectivity index (χ3v) is 7.83. The number of methoxy groups -OCH3 is 1. The van der Waals surface area contributed by atoms with E-state index in [9.17, 15) is 18.3 Å². The van der Waals surface area contributed by atoms with Gasteiger partial charge in [0.25, 0.3) is 0 Å². The highest BCUT2D eigenvalue weighted by Gasteiger charge is 2.29. The maximum absolute atomic E-state index is 13.4. The molecule has 0 aliphatic rings. The number of amides is 1. The minimum absolute atomic E-state index is 0.000422. The topological polar surface area (TPSA) is 110 Å². The van der Waals surface area contributed by atoms with Crippen LogP contribution in [0.25, 0.3) is 0 Å². The molecule has 7 nitrogen and oxygen atoms in total. The van der Waals surface area contributed by atoms with E-state index in [1.807, 2.05) is 68.4 Å². The summed E-state index contributed by atoms with van der Waals surface area (Å²) in [5, 5.41) is 10.9. The van der Waals surface area contributed by atoms with Crippen LogP contribution in [-0.2, 0) is 27.6 Å². The summed E-state index contributed by atoms with van der Waals surface area (Å²) in [7, 11) is -1.81. The maximum atomic E-state index is 13.4. The summed E-state index contributed by atoms with van der Waals surface area (Å²) in [6, 6.07) is 16.4. The number of nitrogens with two attached hydrogens (primary N) is 1. The van der Waals surface area contributed by atoms with Crippen LogP contribution in [0.5, 0.6) is 5.75 Å². The van der Waals surface area contributed by atoms with Gasteiger partial charge in [-0.1, -0.05) is 63.2 Å². The first-order valence-electron chi connectivity index (χ1n) is 12.1. The van der Waals surface area contributed by atoms with Crippen LogP contribution in [0.1, 0.15) is 38.3 Å². The first-order chi connectivity index (χ1) is 16.5. The number of hydrogen-bond donors (Lipinski definition) is 2. The lowest BCUT2D eigenvalue weighted by atomic mass is 10.0. The molecule has 1 amide bonds. The van der Waals surface area contributed by atoms with Gasteiger partial charge in [0.15, 0.2) is 9.84 Å². The molecule has 0 fully saturated rings. The van der Waals surface area contributed by atoms with E-state index in [1.165, 1.54) is 4.90 Å². The van der Waals surface area contributed by atoms with E-state index in [2.05, 4.69) is 0 Å². The Morgan fingerprint density at radius 1 is 1.06 bits per heavy atom. The van der Waals surface area contributed by atoms with E-state index in [4.69, 9.17) is 10.5 Å². The molecule has 0 heterocycles. The lowest BCUT2D eigenvalue weighted by molar-refractivity contribution is -0.136. The molecule has 194 valence electrons. The highest BCUT2D eigenvalue weighted by Crippen LogP contribution is 2.18. The fourth-order valence-corrected chi connectivity index (χ4v) is 5.77. The van der Waals surface area contributed by atoms with Crippen molar-refractivity contribution in [1.29, 1.82) is 0 Å². The summed E-state index contributed by atoms with van der Waals surface area (Å²) < 4.78 is 30.5. The zero-order valence-corrected chi connectivity index (χ0v) is 22.1. The standard InChI is InChI=1S/C27H40N2O5S/c1-20(2)13-14-35(32,33)19-21(3)27(31)29(17-23-11-8-12-24(15-23)34-4)18-26(30)25(28)16-22-9-6-5-7-10-22/h5-12,15,20-21,25-26,30H,13-14,16-19,28H2,1-4H3/t21-,25+,26-/m1/s1. The molecule has 0 aliphatic carbocycles. The highest BCUT2D eigenvalue weighted by atomic mass is 32.2. The largest absolute Gasteiger partial charge is 0.497 e. The van der Waals surface area contributed by atoms with Crippen molar-refractivity contribution in [3.05, 3.63) is 65.7 Å². The van der Waals surface area contributed by atoms with Crippen molar-refractivity contribution in [1.82, 2.24) is 4.90 Å². The van der Waals surface area contributed by atoms with E-state index in [0.717, 1.165) is 11.1 Å². The van der Waals surface area contributed by atoms with Gasteiger partial charge in [0.2, 0.25) is 5.91 Å². The van der Waals surface area contributed by atoms with Crippen LogP contribution in [0.3, 0.4) is 0 Å². The number of ether oxygens (including phenoxy) is 1. The van der Waals surface area contributed by atoms with E-state index in [0.29, 0.717) is 18.6 Å². The number of rotatable bonds is 14. The number of aliphatic hydroxyl groups excluding tert-OH is 1. The Labute approximate surface area is 210 Å². The Kier molecular flexibility index (Phi) is 11.2. The zero-order valence-electron chi connectivity index (χ0n) is 21.3. The predicted molar refractivity (Wildman–Crippen MR) is 140 cm³/mol. The van der Waals surface area contributed by atoms with Crippen LogP contribution < -0.4 is 10.5 Å². The molecule has 2 aromatic rings. The monoisotopic (exact) mass is 504 g/mol. The SMILES string of the molecule is COc1cccc(CN(C[C@@H](O)[C@@H](N)Cc2ccccc2)C(=O)[C@H](C)CS(=O)(=O)CCC(C)C)c1. The number of benzene rings is 2. The summed E-state index contributed by atoms with van der Waals surface area (Å²) in [4.78, 5) is 14.9. The molecule has 0 spiro atoms. The van der Waals surface area contributed by atoms with E-state index in [-0.39, 0.29) is 36.4 Å². The molecule has 0 aliphatic heterocycles. The average molecular weight is 505 g/mol. The number of sulfone groups is 1. The minimum atomic E-state index is -3.38. The smallest absolute Gasteiger partial charge is 0.226 e. The minimum Gasteiger partial charge on any atom is -0.497 e. The van der Waals surface area contributed by atoms with Crippen LogP contribution in [0, 0.1) is 11.8 Å². The molecule has 0 radical (unpaired) electrons. The summed E-state index contributed by atoms with van der Waals surface area (Å²) in [6.07, 6.45) is 0.0427. The zero-order chi connectivity index (χ0) is 26.0. The van der Waals surface area contributed by atoms with Crippen LogP contribution in [0.15, 0.2) is 54.6 Å². The second-order valence-electron chi connectivity index (χ2n) is 9.69.